The van der Waals surface area contributed by atoms with Crippen molar-refractivity contribution in [3.05, 3.63) is 109 Å². The van der Waals surface area contributed by atoms with Gasteiger partial charge >= 0.3 is 13.8 Å². The number of phosphoric ester groups is 1. The van der Waals surface area contributed by atoms with E-state index in [1.807, 2.05) is 6.08 Å². The van der Waals surface area contributed by atoms with Crippen molar-refractivity contribution in [2.45, 2.75) is 187 Å². The Morgan fingerprint density at radius 3 is 1.37 bits per heavy atom. The molecular formula is C53H89O9P. The number of esters is 1. The third-order valence-corrected chi connectivity index (χ3v) is 10.6. The van der Waals surface area contributed by atoms with Gasteiger partial charge in [0.05, 0.1) is 26.4 Å². The molecule has 3 atom stereocenters. The van der Waals surface area contributed by atoms with Crippen LogP contribution in [0.25, 0.3) is 0 Å². The minimum atomic E-state index is -4.55. The molecule has 0 rings (SSSR count). The van der Waals surface area contributed by atoms with E-state index < -0.39 is 45.8 Å². The Morgan fingerprint density at radius 2 is 0.905 bits per heavy atom. The summed E-state index contributed by atoms with van der Waals surface area (Å²) >= 11 is 0. The molecule has 3 unspecified atom stereocenters. The summed E-state index contributed by atoms with van der Waals surface area (Å²) in [5, 5.41) is 18.4. The molecule has 0 aromatic heterocycles. The molecule has 0 aliphatic carbocycles. The van der Waals surface area contributed by atoms with Crippen LogP contribution in [0.3, 0.4) is 0 Å². The molecule has 0 bridgehead atoms. The van der Waals surface area contributed by atoms with Gasteiger partial charge < -0.3 is 24.6 Å². The summed E-state index contributed by atoms with van der Waals surface area (Å²) in [7, 11) is -4.55. The number of allylic oxidation sites excluding steroid dienone is 18. The second-order valence-electron chi connectivity index (χ2n) is 15.7. The van der Waals surface area contributed by atoms with Gasteiger partial charge in [-0.15, -0.1) is 0 Å². The highest BCUT2D eigenvalue weighted by molar-refractivity contribution is 7.47. The van der Waals surface area contributed by atoms with Crippen molar-refractivity contribution in [2.24, 2.45) is 0 Å². The molecule has 0 aromatic carbocycles. The quantitative estimate of drug-likeness (QED) is 0.0236. The molecule has 0 aliphatic heterocycles. The smallest absolute Gasteiger partial charge is 0.457 e. The molecule has 0 aromatic rings. The van der Waals surface area contributed by atoms with Crippen LogP contribution in [0.15, 0.2) is 109 Å². The van der Waals surface area contributed by atoms with Crippen LogP contribution in [0.2, 0.25) is 0 Å². The zero-order valence-corrected chi connectivity index (χ0v) is 40.4. The number of rotatable bonds is 45. The summed E-state index contributed by atoms with van der Waals surface area (Å²) in [5.74, 6) is -0.446. The van der Waals surface area contributed by atoms with E-state index in [9.17, 15) is 19.4 Å². The second kappa shape index (κ2) is 48.6. The summed E-state index contributed by atoms with van der Waals surface area (Å²) < 4.78 is 33.4. The predicted octanol–water partition coefficient (Wildman–Crippen LogP) is 14.2. The van der Waals surface area contributed by atoms with E-state index in [-0.39, 0.29) is 13.0 Å². The lowest BCUT2D eigenvalue weighted by molar-refractivity contribution is -0.154. The standard InChI is InChI=1S/C53H89O9P/c1-3-5-7-9-11-13-15-17-19-21-23-24-25-26-27-29-31-33-35-37-39-41-43-45-53(56)62-52(50-61-63(57,58)60-48-51(55)47-54)49-59-46-44-42-40-38-36-34-32-30-28-22-20-18-16-14-12-10-8-6-4-2/h5,7,11,13-14,16-17,19-20,22-24,26-27,31,33,37,39,51-52,54-55H,3-4,6,8-10,12,15,18,21,25,28-30,32,34-36,38,40-50H2,1-2H3,(H,57,58)/b7-5-,13-11-,16-14-,19-17-,22-20-,24-23-,27-26-,33-31-,39-37-. The number of ether oxygens (including phenoxy) is 2. The number of carbonyl (C=O) groups is 1. The molecule has 3 N–H and O–H groups in total. The fourth-order valence-corrected chi connectivity index (χ4v) is 6.81. The number of aliphatic hydroxyl groups is 2. The molecule has 0 aliphatic rings. The van der Waals surface area contributed by atoms with Crippen LogP contribution >= 0.6 is 7.82 Å². The van der Waals surface area contributed by atoms with Crippen LogP contribution in [-0.2, 0) is 27.9 Å². The van der Waals surface area contributed by atoms with Crippen molar-refractivity contribution in [1.29, 1.82) is 0 Å². The lowest BCUT2D eigenvalue weighted by Crippen LogP contribution is -2.29. The minimum Gasteiger partial charge on any atom is -0.457 e. The first-order chi connectivity index (χ1) is 30.8. The zero-order valence-electron chi connectivity index (χ0n) is 39.5. The highest BCUT2D eigenvalue weighted by Gasteiger charge is 2.26. The third-order valence-electron chi connectivity index (χ3n) is 9.69. The summed E-state index contributed by atoms with van der Waals surface area (Å²) in [5.41, 5.74) is 0. The molecule has 360 valence electrons. The van der Waals surface area contributed by atoms with Crippen molar-refractivity contribution in [2.75, 3.05) is 33.0 Å². The molecule has 63 heavy (non-hydrogen) atoms. The average molecular weight is 901 g/mol. The molecule has 0 amide bonds. The molecule has 0 spiro atoms. The highest BCUT2D eigenvalue weighted by Crippen LogP contribution is 2.43. The van der Waals surface area contributed by atoms with Crippen molar-refractivity contribution in [1.82, 2.24) is 0 Å². The van der Waals surface area contributed by atoms with Crippen molar-refractivity contribution in [3.8, 4) is 0 Å². The lowest BCUT2D eigenvalue weighted by Gasteiger charge is -2.20. The Hall–Kier alpha value is -2.88. The highest BCUT2D eigenvalue weighted by atomic mass is 31.2. The number of aliphatic hydroxyl groups excluding tert-OH is 2. The van der Waals surface area contributed by atoms with E-state index in [1.165, 1.54) is 64.2 Å². The fourth-order valence-electron chi connectivity index (χ4n) is 6.02. The van der Waals surface area contributed by atoms with Gasteiger partial charge in [0, 0.05) is 13.0 Å². The van der Waals surface area contributed by atoms with Crippen molar-refractivity contribution >= 4 is 13.8 Å². The first-order valence-corrected chi connectivity index (χ1v) is 25.9. The molecule has 0 saturated heterocycles. The van der Waals surface area contributed by atoms with Gasteiger partial charge in [-0.05, 0) is 96.3 Å². The third kappa shape index (κ3) is 48.4. The van der Waals surface area contributed by atoms with Crippen molar-refractivity contribution in [3.63, 3.8) is 0 Å². The molecule has 0 saturated carbocycles. The van der Waals surface area contributed by atoms with Crippen LogP contribution in [0, 0.1) is 0 Å². The normalized spacial score (nSPS) is 14.8. The summed E-state index contributed by atoms with van der Waals surface area (Å²) in [6.45, 7) is 3.28. The van der Waals surface area contributed by atoms with Crippen LogP contribution in [-0.4, -0.2) is 66.3 Å². The number of hydrogen-bond acceptors (Lipinski definition) is 8. The van der Waals surface area contributed by atoms with E-state index in [1.54, 1.807) is 0 Å². The van der Waals surface area contributed by atoms with Crippen LogP contribution in [0.4, 0.5) is 0 Å². The van der Waals surface area contributed by atoms with Gasteiger partial charge in [0.1, 0.15) is 12.2 Å². The van der Waals surface area contributed by atoms with Gasteiger partial charge in [-0.25, -0.2) is 4.57 Å². The minimum absolute atomic E-state index is 0.0145. The average Bonchev–Trinajstić information content (AvgIpc) is 3.28. The van der Waals surface area contributed by atoms with Gasteiger partial charge in [-0.2, -0.15) is 0 Å². The van der Waals surface area contributed by atoms with Gasteiger partial charge in [0.2, 0.25) is 0 Å². The Balaban J connectivity index is 4.27. The maximum atomic E-state index is 12.6. The number of carbonyl (C=O) groups excluding carboxylic acids is 1. The Labute approximate surface area is 384 Å². The topological polar surface area (TPSA) is 132 Å². The van der Waals surface area contributed by atoms with Gasteiger partial charge in [-0.1, -0.05) is 181 Å². The van der Waals surface area contributed by atoms with E-state index in [4.69, 9.17) is 23.6 Å². The van der Waals surface area contributed by atoms with Crippen LogP contribution in [0.1, 0.15) is 174 Å². The number of unbranched alkanes of at least 4 members (excludes halogenated alkanes) is 13. The van der Waals surface area contributed by atoms with E-state index >= 15 is 0 Å². The van der Waals surface area contributed by atoms with E-state index in [2.05, 4.69) is 117 Å². The molecule has 9 nitrogen and oxygen atoms in total. The van der Waals surface area contributed by atoms with E-state index in [0.717, 1.165) is 83.5 Å². The molecule has 10 heteroatoms. The van der Waals surface area contributed by atoms with Crippen LogP contribution < -0.4 is 0 Å². The monoisotopic (exact) mass is 901 g/mol. The van der Waals surface area contributed by atoms with Gasteiger partial charge in [0.25, 0.3) is 0 Å². The number of phosphoric acid groups is 1. The Kier molecular flexibility index (Phi) is 46.4. The molecular weight excluding hydrogens is 812 g/mol. The largest absolute Gasteiger partial charge is 0.472 e. The maximum Gasteiger partial charge on any atom is 0.472 e. The Morgan fingerprint density at radius 1 is 0.508 bits per heavy atom. The Bertz CT molecular complexity index is 1340. The SMILES string of the molecule is CC/C=C\C/C=C\C/C=C\C/C=C\C/C=C\C/C=C\C/C=C\CCCC(=O)OC(COCCCCCCCCCC/C=C\C/C=C\CCCCCC)COP(=O)(O)OCC(O)CO. The summed E-state index contributed by atoms with van der Waals surface area (Å²) in [6, 6.07) is 0. The second-order valence-corrected chi connectivity index (χ2v) is 17.2. The first kappa shape index (κ1) is 60.1. The summed E-state index contributed by atoms with van der Waals surface area (Å²) in [4.78, 5) is 22.6. The fraction of sp³-hybridized carbons (Fsp3) is 0.642. The predicted molar refractivity (Wildman–Crippen MR) is 265 cm³/mol. The first-order valence-electron chi connectivity index (χ1n) is 24.4. The van der Waals surface area contributed by atoms with E-state index in [0.29, 0.717) is 13.0 Å². The zero-order chi connectivity index (χ0) is 46.0. The maximum absolute atomic E-state index is 12.6. The molecule has 0 radical (unpaired) electrons. The summed E-state index contributed by atoms with van der Waals surface area (Å²) in [6.07, 6.45) is 63.4. The van der Waals surface area contributed by atoms with Gasteiger partial charge in [-0.3, -0.25) is 13.8 Å². The van der Waals surface area contributed by atoms with Crippen molar-refractivity contribution < 1.29 is 43.0 Å². The lowest BCUT2D eigenvalue weighted by atomic mass is 10.1. The van der Waals surface area contributed by atoms with Gasteiger partial charge in [0.15, 0.2) is 0 Å². The van der Waals surface area contributed by atoms with Crippen LogP contribution in [0.5, 0.6) is 0 Å². The number of hydrogen-bond donors (Lipinski definition) is 3. The molecule has 0 fully saturated rings. The molecule has 0 heterocycles.